The molecule has 1 saturated heterocycles. The highest BCUT2D eigenvalue weighted by molar-refractivity contribution is 6.04. The highest BCUT2D eigenvalue weighted by atomic mass is 16.8. The highest BCUT2D eigenvalue weighted by Crippen LogP contribution is 2.26. The van der Waals surface area contributed by atoms with Gasteiger partial charge in [-0.15, -0.1) is 0 Å². The van der Waals surface area contributed by atoms with E-state index in [9.17, 15) is 4.79 Å². The molecule has 1 aliphatic carbocycles. The highest BCUT2D eigenvalue weighted by Gasteiger charge is 2.24. The lowest BCUT2D eigenvalue weighted by Gasteiger charge is -2.20. The largest absolute Gasteiger partial charge is 0.494 e. The van der Waals surface area contributed by atoms with Crippen LogP contribution < -0.4 is 20.6 Å². The lowest BCUT2D eigenvalue weighted by atomic mass is 10.0. The monoisotopic (exact) mass is 528 g/mol. The second kappa shape index (κ2) is 13.1. The first kappa shape index (κ1) is 26.4. The Morgan fingerprint density at radius 1 is 1.05 bits per heavy atom. The van der Waals surface area contributed by atoms with E-state index in [-0.39, 0.29) is 11.8 Å². The molecule has 1 amide bonds. The van der Waals surface area contributed by atoms with E-state index in [0.29, 0.717) is 41.9 Å². The zero-order valence-electron chi connectivity index (χ0n) is 21.5. The molecule has 202 valence electrons. The number of aromatic nitrogens is 1. The molecule has 2 atom stereocenters. The molecular weight excluding hydrogens is 496 g/mol. The van der Waals surface area contributed by atoms with Gasteiger partial charge in [0.15, 0.2) is 0 Å². The van der Waals surface area contributed by atoms with E-state index in [0.717, 1.165) is 37.5 Å². The number of benzene rings is 2. The maximum Gasteiger partial charge on any atom is 0.255 e. The molecule has 1 aliphatic heterocycles. The van der Waals surface area contributed by atoms with Crippen molar-refractivity contribution in [2.24, 2.45) is 11.8 Å². The van der Waals surface area contributed by atoms with Crippen LogP contribution in [0.3, 0.4) is 0 Å². The van der Waals surface area contributed by atoms with Gasteiger partial charge < -0.3 is 19.7 Å². The number of nitrogens with one attached hydrogen (secondary N) is 2. The Kier molecular flexibility index (Phi) is 8.85. The van der Waals surface area contributed by atoms with Crippen LogP contribution in [0, 0.1) is 11.8 Å². The Morgan fingerprint density at radius 2 is 1.92 bits per heavy atom. The molecule has 39 heavy (non-hydrogen) atoms. The Balaban J connectivity index is 1.10. The van der Waals surface area contributed by atoms with E-state index in [1.54, 1.807) is 30.0 Å². The second-order valence-electron chi connectivity index (χ2n) is 9.58. The number of rotatable bonds is 11. The zero-order chi connectivity index (χ0) is 26.9. The number of amides is 1. The van der Waals surface area contributed by atoms with Crippen LogP contribution in [-0.2, 0) is 9.57 Å². The van der Waals surface area contributed by atoms with Crippen LogP contribution in [0.1, 0.15) is 23.2 Å². The number of carbonyl (C=O) groups excluding carboxylic acids is 1. The molecule has 1 fully saturated rings. The predicted octanol–water partition coefficient (Wildman–Crippen LogP) is 5.34. The first-order valence-corrected chi connectivity index (χ1v) is 13.0. The molecule has 0 bridgehead atoms. The summed E-state index contributed by atoms with van der Waals surface area (Å²) in [5.74, 6) is 3.35. The first-order valence-electron chi connectivity index (χ1n) is 13.0. The number of nitrogens with zero attached hydrogens (tertiary/aromatic N) is 2. The van der Waals surface area contributed by atoms with Crippen LogP contribution in [-0.4, -0.2) is 42.4 Å². The number of para-hydroxylation sites is 1. The number of carbonyl (C=O) groups is 1. The fourth-order valence-corrected chi connectivity index (χ4v) is 4.64. The van der Waals surface area contributed by atoms with Gasteiger partial charge >= 0.3 is 0 Å². The Hall–Kier alpha value is -4.18. The first-order chi connectivity index (χ1) is 19.2. The molecule has 9 heteroatoms. The third kappa shape index (κ3) is 7.44. The lowest BCUT2D eigenvalue weighted by molar-refractivity contribution is -0.133. The second-order valence-corrected chi connectivity index (χ2v) is 9.58. The van der Waals surface area contributed by atoms with Gasteiger partial charge in [0.05, 0.1) is 25.1 Å². The van der Waals surface area contributed by atoms with Crippen LogP contribution in [0.25, 0.3) is 0 Å². The molecule has 5 rings (SSSR count). The fraction of sp³-hybridized carbons (Fsp3) is 0.267. The molecule has 2 aliphatic rings. The van der Waals surface area contributed by atoms with E-state index in [4.69, 9.17) is 19.5 Å². The van der Waals surface area contributed by atoms with Crippen molar-refractivity contribution in [3.05, 3.63) is 102 Å². The SMILES string of the molecule is O=C(Nc1ccc(N2CCC(COC3=CC(CONO)CC=C3)C2)nc1)c1cccc(Oc2ccccc2)c1. The Bertz CT molecular complexity index is 1300. The van der Waals surface area contributed by atoms with E-state index >= 15 is 0 Å². The third-order valence-electron chi connectivity index (χ3n) is 6.66. The molecule has 1 aromatic heterocycles. The molecule has 9 nitrogen and oxygen atoms in total. The summed E-state index contributed by atoms with van der Waals surface area (Å²) in [5, 5.41) is 11.5. The molecule has 2 unspecified atom stereocenters. The van der Waals surface area contributed by atoms with Gasteiger partial charge in [0, 0.05) is 30.5 Å². The Morgan fingerprint density at radius 3 is 2.74 bits per heavy atom. The number of hydrogen-bond acceptors (Lipinski definition) is 8. The van der Waals surface area contributed by atoms with Gasteiger partial charge in [-0.05, 0) is 67.5 Å². The van der Waals surface area contributed by atoms with Crippen LogP contribution in [0.15, 0.2) is 96.9 Å². The van der Waals surface area contributed by atoms with Gasteiger partial charge in [0.1, 0.15) is 23.1 Å². The van der Waals surface area contributed by atoms with Crippen molar-refractivity contribution in [2.45, 2.75) is 12.8 Å². The van der Waals surface area contributed by atoms with Gasteiger partial charge in [-0.1, -0.05) is 36.0 Å². The lowest BCUT2D eigenvalue weighted by Crippen LogP contribution is -2.22. The number of anilines is 2. The number of ether oxygens (including phenoxy) is 2. The normalized spacial score (nSPS) is 18.5. The van der Waals surface area contributed by atoms with Crippen LogP contribution in [0.4, 0.5) is 11.5 Å². The summed E-state index contributed by atoms with van der Waals surface area (Å²) in [6.07, 6.45) is 9.62. The smallest absolute Gasteiger partial charge is 0.255 e. The van der Waals surface area contributed by atoms with Gasteiger partial charge in [0.25, 0.3) is 5.91 Å². The molecule has 3 aromatic rings. The molecule has 0 spiro atoms. The van der Waals surface area contributed by atoms with Crippen LogP contribution in [0.5, 0.6) is 11.5 Å². The van der Waals surface area contributed by atoms with E-state index in [1.165, 1.54) is 0 Å². The molecule has 3 N–H and O–H groups in total. The number of pyridine rings is 1. The van der Waals surface area contributed by atoms with Crippen molar-refractivity contribution in [3.63, 3.8) is 0 Å². The summed E-state index contributed by atoms with van der Waals surface area (Å²) < 4.78 is 11.9. The zero-order valence-corrected chi connectivity index (χ0v) is 21.5. The summed E-state index contributed by atoms with van der Waals surface area (Å²) in [4.78, 5) is 24.5. The fourth-order valence-electron chi connectivity index (χ4n) is 4.64. The van der Waals surface area contributed by atoms with Crippen molar-refractivity contribution in [1.82, 2.24) is 10.6 Å². The molecule has 0 radical (unpaired) electrons. The van der Waals surface area contributed by atoms with Crippen molar-refractivity contribution >= 4 is 17.4 Å². The maximum absolute atomic E-state index is 12.8. The summed E-state index contributed by atoms with van der Waals surface area (Å²) in [5.41, 5.74) is 2.86. The van der Waals surface area contributed by atoms with Crippen molar-refractivity contribution in [2.75, 3.05) is 36.5 Å². The number of allylic oxidation sites excluding steroid dienone is 2. The van der Waals surface area contributed by atoms with Crippen molar-refractivity contribution < 1.29 is 24.3 Å². The summed E-state index contributed by atoms with van der Waals surface area (Å²) in [7, 11) is 0. The van der Waals surface area contributed by atoms with E-state index in [2.05, 4.69) is 21.3 Å². The molecule has 2 heterocycles. The van der Waals surface area contributed by atoms with Crippen LogP contribution in [0.2, 0.25) is 0 Å². The predicted molar refractivity (Wildman–Crippen MR) is 148 cm³/mol. The number of hydrogen-bond donors (Lipinski definition) is 3. The quantitative estimate of drug-likeness (QED) is 0.287. The minimum absolute atomic E-state index is 0.166. The van der Waals surface area contributed by atoms with E-state index in [1.807, 2.05) is 60.7 Å². The standard InChI is InChI=1S/C30H32N4O5/c35-30(24-7-5-11-28(17-24)39-26-8-2-1-3-9-26)32-25-12-13-29(31-18-25)34-15-14-23(19-34)20-37-27-10-4-6-22(16-27)21-38-33-36/h1-5,7-13,16-18,22-23,33,36H,6,14-15,19-21H2,(H,32,35). The van der Waals surface area contributed by atoms with E-state index < -0.39 is 0 Å². The minimum Gasteiger partial charge on any atom is -0.494 e. The summed E-state index contributed by atoms with van der Waals surface area (Å²) >= 11 is 0. The van der Waals surface area contributed by atoms with Crippen LogP contribution >= 0.6 is 0 Å². The van der Waals surface area contributed by atoms with Gasteiger partial charge in [-0.3, -0.25) is 14.8 Å². The minimum atomic E-state index is -0.228. The summed E-state index contributed by atoms with van der Waals surface area (Å²) in [6.45, 7) is 2.75. The summed E-state index contributed by atoms with van der Waals surface area (Å²) in [6, 6.07) is 20.3. The Labute approximate surface area is 227 Å². The topological polar surface area (TPSA) is 105 Å². The third-order valence-corrected chi connectivity index (χ3v) is 6.66. The molecular formula is C30H32N4O5. The van der Waals surface area contributed by atoms with Gasteiger partial charge in [-0.2, -0.15) is 0 Å². The van der Waals surface area contributed by atoms with Crippen molar-refractivity contribution in [1.29, 1.82) is 0 Å². The average Bonchev–Trinajstić information content (AvgIpc) is 3.45. The van der Waals surface area contributed by atoms with Gasteiger partial charge in [0.2, 0.25) is 0 Å². The maximum atomic E-state index is 12.8. The molecule has 2 aromatic carbocycles. The average molecular weight is 529 g/mol. The van der Waals surface area contributed by atoms with Crippen molar-refractivity contribution in [3.8, 4) is 11.5 Å². The molecule has 0 saturated carbocycles. The van der Waals surface area contributed by atoms with Gasteiger partial charge in [-0.25, -0.2) is 4.98 Å².